The smallest absolute Gasteiger partial charge is 0.481 e. The van der Waals surface area contributed by atoms with Crippen molar-refractivity contribution in [2.75, 3.05) is 13.1 Å². The van der Waals surface area contributed by atoms with Gasteiger partial charge in [0.2, 0.25) is 17.7 Å². The van der Waals surface area contributed by atoms with Gasteiger partial charge in [0.15, 0.2) is 0 Å². The maximum atomic E-state index is 13.3. The number of alkyl halides is 3. The van der Waals surface area contributed by atoms with E-state index in [0.717, 1.165) is 22.3 Å². The minimum Gasteiger partial charge on any atom is -0.481 e. The fourth-order valence-electron chi connectivity index (χ4n) is 5.85. The number of benzene rings is 3. The number of aliphatic carboxylic acids is 1. The van der Waals surface area contributed by atoms with Gasteiger partial charge in [-0.1, -0.05) is 84.9 Å². The number of unbranched alkanes of at least 4 members (excludes halogenated alkanes) is 1. The highest BCUT2D eigenvalue weighted by atomic mass is 19.4. The van der Waals surface area contributed by atoms with Crippen LogP contribution in [0.1, 0.15) is 60.3 Å². The largest absolute Gasteiger partial charge is 0.576 e. The molecule has 0 spiro atoms. The SMILES string of the molecule is O=C(O)CCC(=O)N1Cc2ccccc2C[C@H]1C(=O)NCCCC[C@H](NC(=O)OC(F)(F)F)C(=O)NCC(c1ccccc1)c1ccccc1. The van der Waals surface area contributed by atoms with E-state index in [9.17, 15) is 37.1 Å². The topological polar surface area (TPSA) is 154 Å². The Morgan fingerprint density at radius 2 is 1.42 bits per heavy atom. The molecule has 2 atom stereocenters. The number of halogens is 3. The molecule has 50 heavy (non-hydrogen) atoms. The number of carboxylic acid groups (broad SMARTS) is 1. The zero-order chi connectivity index (χ0) is 36.1. The predicted molar refractivity (Wildman–Crippen MR) is 175 cm³/mol. The molecule has 0 radical (unpaired) electrons. The summed E-state index contributed by atoms with van der Waals surface area (Å²) in [7, 11) is 0. The summed E-state index contributed by atoms with van der Waals surface area (Å²) in [5.41, 5.74) is 3.56. The van der Waals surface area contributed by atoms with Crippen molar-refractivity contribution in [1.82, 2.24) is 20.9 Å². The highest BCUT2D eigenvalue weighted by Gasteiger charge is 2.36. The van der Waals surface area contributed by atoms with Gasteiger partial charge in [0.25, 0.3) is 0 Å². The molecular weight excluding hydrogens is 657 g/mol. The van der Waals surface area contributed by atoms with Crippen LogP contribution in [0.3, 0.4) is 0 Å². The van der Waals surface area contributed by atoms with Gasteiger partial charge in [-0.2, -0.15) is 0 Å². The van der Waals surface area contributed by atoms with Crippen molar-refractivity contribution in [1.29, 1.82) is 0 Å². The molecular formula is C36H39F3N4O7. The van der Waals surface area contributed by atoms with Gasteiger partial charge in [0.1, 0.15) is 12.1 Å². The molecule has 4 rings (SSSR count). The lowest BCUT2D eigenvalue weighted by Crippen LogP contribution is -2.52. The van der Waals surface area contributed by atoms with Gasteiger partial charge in [-0.15, -0.1) is 13.2 Å². The van der Waals surface area contributed by atoms with Gasteiger partial charge in [-0.25, -0.2) is 4.79 Å². The minimum atomic E-state index is -5.25. The first-order chi connectivity index (χ1) is 23.9. The number of nitrogens with one attached hydrogen (secondary N) is 3. The van der Waals surface area contributed by atoms with Gasteiger partial charge in [0.05, 0.1) is 6.42 Å². The van der Waals surface area contributed by atoms with Crippen molar-refractivity contribution in [2.24, 2.45) is 0 Å². The maximum Gasteiger partial charge on any atom is 0.576 e. The third kappa shape index (κ3) is 11.3. The number of carbonyl (C=O) groups is 5. The Bertz CT molecular complexity index is 1580. The molecule has 1 heterocycles. The number of amides is 4. The van der Waals surface area contributed by atoms with E-state index >= 15 is 0 Å². The molecule has 4 N–H and O–H groups in total. The highest BCUT2D eigenvalue weighted by Crippen LogP contribution is 2.26. The Labute approximate surface area is 287 Å². The van der Waals surface area contributed by atoms with Crippen LogP contribution in [-0.4, -0.2) is 71.3 Å². The van der Waals surface area contributed by atoms with Crippen molar-refractivity contribution in [3.8, 4) is 0 Å². The van der Waals surface area contributed by atoms with Gasteiger partial charge in [-0.3, -0.25) is 19.2 Å². The third-order valence-electron chi connectivity index (χ3n) is 8.34. The number of hydrogen-bond donors (Lipinski definition) is 4. The van der Waals surface area contributed by atoms with Gasteiger partial charge in [-0.05, 0) is 41.5 Å². The van der Waals surface area contributed by atoms with Gasteiger partial charge >= 0.3 is 18.4 Å². The molecule has 266 valence electrons. The number of carboxylic acids is 1. The molecule has 0 saturated carbocycles. The Balaban J connectivity index is 1.36. The van der Waals surface area contributed by atoms with E-state index in [2.05, 4.69) is 15.4 Å². The number of carbonyl (C=O) groups excluding carboxylic acids is 4. The lowest BCUT2D eigenvalue weighted by atomic mass is 9.91. The van der Waals surface area contributed by atoms with Crippen molar-refractivity contribution in [2.45, 2.75) is 69.4 Å². The van der Waals surface area contributed by atoms with Gasteiger partial charge in [0, 0.05) is 38.4 Å². The van der Waals surface area contributed by atoms with Crippen LogP contribution < -0.4 is 16.0 Å². The van der Waals surface area contributed by atoms with Gasteiger partial charge < -0.3 is 30.7 Å². The summed E-state index contributed by atoms with van der Waals surface area (Å²) in [5, 5.41) is 16.6. The lowest BCUT2D eigenvalue weighted by molar-refractivity contribution is -0.291. The van der Waals surface area contributed by atoms with Crippen LogP contribution in [0.15, 0.2) is 84.9 Å². The maximum absolute atomic E-state index is 13.3. The Morgan fingerprint density at radius 1 is 0.820 bits per heavy atom. The predicted octanol–water partition coefficient (Wildman–Crippen LogP) is 4.65. The van der Waals surface area contributed by atoms with E-state index in [1.165, 1.54) is 4.90 Å². The monoisotopic (exact) mass is 696 g/mol. The third-order valence-corrected chi connectivity index (χ3v) is 8.34. The Hall–Kier alpha value is -5.40. The number of alkyl carbamates (subject to hydrolysis) is 1. The molecule has 0 aromatic heterocycles. The number of nitrogens with zero attached hydrogens (tertiary/aromatic N) is 1. The van der Waals surface area contributed by atoms with Crippen LogP contribution in [0.25, 0.3) is 0 Å². The Kier molecular flexibility index (Phi) is 13.3. The van der Waals surface area contributed by atoms with E-state index < -0.39 is 48.2 Å². The number of rotatable bonds is 15. The molecule has 3 aromatic carbocycles. The molecule has 11 nitrogen and oxygen atoms in total. The van der Waals surface area contributed by atoms with E-state index in [4.69, 9.17) is 5.11 Å². The fourth-order valence-corrected chi connectivity index (χ4v) is 5.85. The second-order valence-corrected chi connectivity index (χ2v) is 11.8. The van der Waals surface area contributed by atoms with Crippen molar-refractivity contribution in [3.63, 3.8) is 0 Å². The zero-order valence-corrected chi connectivity index (χ0v) is 27.2. The molecule has 0 unspecified atom stereocenters. The van der Waals surface area contributed by atoms with Crippen LogP contribution >= 0.6 is 0 Å². The molecule has 3 aromatic rings. The summed E-state index contributed by atoms with van der Waals surface area (Å²) in [6, 6.07) is 23.8. The van der Waals surface area contributed by atoms with E-state index in [1.54, 1.807) is 0 Å². The van der Waals surface area contributed by atoms with Crippen LogP contribution in [0.5, 0.6) is 0 Å². The summed E-state index contributed by atoms with van der Waals surface area (Å²) in [6.07, 6.45) is -7.01. The first kappa shape index (κ1) is 37.4. The zero-order valence-electron chi connectivity index (χ0n) is 27.2. The number of fused-ring (bicyclic) bond motifs is 1. The van der Waals surface area contributed by atoms with Crippen LogP contribution in [-0.2, 0) is 36.9 Å². The molecule has 0 bridgehead atoms. The minimum absolute atomic E-state index is 0.0629. The van der Waals surface area contributed by atoms with Crippen molar-refractivity contribution >= 4 is 29.8 Å². The van der Waals surface area contributed by atoms with E-state index in [1.807, 2.05) is 90.2 Å². The summed E-state index contributed by atoms with van der Waals surface area (Å²) in [6.45, 7) is 0.361. The summed E-state index contributed by atoms with van der Waals surface area (Å²) in [4.78, 5) is 63.9. The second kappa shape index (κ2) is 17.8. The lowest BCUT2D eigenvalue weighted by Gasteiger charge is -2.36. The number of hydrogen-bond acceptors (Lipinski definition) is 6. The summed E-state index contributed by atoms with van der Waals surface area (Å²) >= 11 is 0. The average molecular weight is 697 g/mol. The number of ether oxygens (including phenoxy) is 1. The van der Waals surface area contributed by atoms with Crippen LogP contribution in [0, 0.1) is 0 Å². The Morgan fingerprint density at radius 3 is 2.02 bits per heavy atom. The molecule has 1 aliphatic heterocycles. The summed E-state index contributed by atoms with van der Waals surface area (Å²) < 4.78 is 41.6. The van der Waals surface area contributed by atoms with E-state index in [0.29, 0.717) is 6.42 Å². The highest BCUT2D eigenvalue weighted by molar-refractivity contribution is 5.89. The molecule has 14 heteroatoms. The van der Waals surface area contributed by atoms with Crippen molar-refractivity contribution in [3.05, 3.63) is 107 Å². The molecule has 0 saturated heterocycles. The standard InChI is InChI=1S/C36H39F3N4O7/c37-36(38,39)50-35(49)42-29(33(47)41-22-28(24-11-3-1-4-12-24)25-13-5-2-6-14-25)17-9-10-20-40-34(48)30-21-26-15-7-8-16-27(26)23-43(30)31(44)18-19-32(45)46/h1-8,11-16,28-30H,9-10,17-23H2,(H,40,48)(H,41,47)(H,42,49)(H,45,46)/t29-,30-/m0/s1. The van der Waals surface area contributed by atoms with Crippen LogP contribution in [0.4, 0.5) is 18.0 Å². The van der Waals surface area contributed by atoms with Crippen molar-refractivity contribution < 1.29 is 47.0 Å². The average Bonchev–Trinajstić information content (AvgIpc) is 3.09. The molecule has 0 aliphatic carbocycles. The quantitative estimate of drug-likeness (QED) is 0.169. The normalized spacial score (nSPS) is 14.6. The molecule has 4 amide bonds. The first-order valence-corrected chi connectivity index (χ1v) is 16.2. The van der Waals surface area contributed by atoms with E-state index in [-0.39, 0.29) is 57.7 Å². The first-order valence-electron chi connectivity index (χ1n) is 16.2. The molecule has 1 aliphatic rings. The fraction of sp³-hybridized carbons (Fsp3) is 0.361. The van der Waals surface area contributed by atoms with Crippen LogP contribution in [0.2, 0.25) is 0 Å². The molecule has 0 fully saturated rings. The second-order valence-electron chi connectivity index (χ2n) is 11.8. The summed E-state index contributed by atoms with van der Waals surface area (Å²) in [5.74, 6) is -3.02.